The van der Waals surface area contributed by atoms with Crippen LogP contribution in [0.3, 0.4) is 0 Å². The summed E-state index contributed by atoms with van der Waals surface area (Å²) in [7, 11) is 0. The number of β-amino-alcohol motifs (C(OH)–C–C–N with tert-alkyl or cyclic N) is 1. The number of hydrogen-bond donors (Lipinski definition) is 2. The van der Waals surface area contributed by atoms with E-state index in [0.717, 1.165) is 19.5 Å². The molecule has 1 atom stereocenters. The van der Waals surface area contributed by atoms with Gasteiger partial charge >= 0.3 is 0 Å². The third kappa shape index (κ3) is 6.50. The van der Waals surface area contributed by atoms with Gasteiger partial charge in [-0.2, -0.15) is 0 Å². The van der Waals surface area contributed by atoms with Gasteiger partial charge in [0.05, 0.1) is 31.1 Å². The van der Waals surface area contributed by atoms with E-state index in [1.165, 1.54) is 23.5 Å². The first kappa shape index (κ1) is 23.2. The molecule has 2 amide bonds. The fourth-order valence-electron chi connectivity index (χ4n) is 4.07. The molecule has 9 nitrogen and oxygen atoms in total. The first-order valence-electron chi connectivity index (χ1n) is 11.3. The van der Waals surface area contributed by atoms with Gasteiger partial charge in [-0.05, 0) is 23.6 Å². The highest BCUT2D eigenvalue weighted by Crippen LogP contribution is 2.18. The first-order chi connectivity index (χ1) is 16.1. The van der Waals surface area contributed by atoms with Crippen LogP contribution in [0.2, 0.25) is 0 Å². The van der Waals surface area contributed by atoms with Crippen LogP contribution < -0.4 is 10.1 Å². The Kier molecular flexibility index (Phi) is 7.87. The van der Waals surface area contributed by atoms with Gasteiger partial charge in [-0.15, -0.1) is 0 Å². The molecule has 1 fully saturated rings. The number of aliphatic hydroxyl groups excluding tert-OH is 1. The number of carbonyl (C=O) groups is 2. The minimum atomic E-state index is -0.671. The zero-order valence-electron chi connectivity index (χ0n) is 18.6. The number of ether oxygens (including phenoxy) is 2. The fraction of sp³-hybridized carbons (Fsp3) is 0.458. The molecular weight excluding hydrogens is 424 g/mol. The largest absolute Gasteiger partial charge is 0.482 e. The van der Waals surface area contributed by atoms with Gasteiger partial charge in [0.15, 0.2) is 6.61 Å². The molecule has 0 aliphatic carbocycles. The number of fused-ring (bicyclic) bond motifs is 1. The van der Waals surface area contributed by atoms with Gasteiger partial charge in [0.1, 0.15) is 5.75 Å². The fourth-order valence-corrected chi connectivity index (χ4v) is 4.07. The summed E-state index contributed by atoms with van der Waals surface area (Å²) in [6, 6.07) is 9.93. The zero-order valence-corrected chi connectivity index (χ0v) is 18.6. The molecule has 1 aromatic carbocycles. The molecule has 2 N–H and O–H groups in total. The summed E-state index contributed by atoms with van der Waals surface area (Å²) in [4.78, 5) is 32.7. The van der Waals surface area contributed by atoms with Crippen LogP contribution in [0.5, 0.6) is 5.75 Å². The molecule has 1 unspecified atom stereocenters. The lowest BCUT2D eigenvalue weighted by Crippen LogP contribution is -2.42. The van der Waals surface area contributed by atoms with Crippen LogP contribution in [0.25, 0.3) is 0 Å². The number of amides is 2. The summed E-state index contributed by atoms with van der Waals surface area (Å²) in [6.07, 6.45) is 3.24. The summed E-state index contributed by atoms with van der Waals surface area (Å²) >= 11 is 0. The van der Waals surface area contributed by atoms with E-state index in [9.17, 15) is 14.7 Å². The maximum Gasteiger partial charge on any atom is 0.258 e. The summed E-state index contributed by atoms with van der Waals surface area (Å²) in [5.74, 6) is -0.135. The monoisotopic (exact) mass is 454 g/mol. The van der Waals surface area contributed by atoms with Gasteiger partial charge in [0.25, 0.3) is 11.8 Å². The number of morpholine rings is 1. The van der Waals surface area contributed by atoms with E-state index in [1.54, 1.807) is 11.0 Å². The zero-order chi connectivity index (χ0) is 23.0. The second-order valence-corrected chi connectivity index (χ2v) is 8.31. The maximum absolute atomic E-state index is 12.6. The van der Waals surface area contributed by atoms with Crippen LogP contribution >= 0.6 is 0 Å². The predicted octanol–water partition coefficient (Wildman–Crippen LogP) is 0.468. The Morgan fingerprint density at radius 3 is 2.76 bits per heavy atom. The van der Waals surface area contributed by atoms with Crippen LogP contribution in [-0.2, 0) is 22.5 Å². The molecule has 0 saturated carbocycles. The molecule has 4 rings (SSSR count). The van der Waals surface area contributed by atoms with Gasteiger partial charge in [-0.25, -0.2) is 0 Å². The average Bonchev–Trinajstić information content (AvgIpc) is 2.86. The number of nitrogens with one attached hydrogen (secondary N) is 1. The van der Waals surface area contributed by atoms with Crippen molar-refractivity contribution in [1.82, 2.24) is 20.1 Å². The minimum Gasteiger partial charge on any atom is -0.482 e. The highest BCUT2D eigenvalue weighted by molar-refractivity contribution is 5.94. The molecule has 9 heteroatoms. The predicted molar refractivity (Wildman–Crippen MR) is 121 cm³/mol. The van der Waals surface area contributed by atoms with Gasteiger partial charge in [-0.3, -0.25) is 19.5 Å². The van der Waals surface area contributed by atoms with E-state index in [4.69, 9.17) is 9.47 Å². The van der Waals surface area contributed by atoms with Crippen molar-refractivity contribution in [2.75, 3.05) is 52.5 Å². The van der Waals surface area contributed by atoms with Crippen LogP contribution in [0.15, 0.2) is 42.7 Å². The number of aromatic nitrogens is 1. The first-order valence-corrected chi connectivity index (χ1v) is 11.3. The van der Waals surface area contributed by atoms with Crippen LogP contribution in [-0.4, -0.2) is 90.4 Å². The lowest BCUT2D eigenvalue weighted by atomic mass is 10.00. The molecule has 3 heterocycles. The number of carbonyl (C=O) groups excluding carboxylic acids is 2. The number of hydrogen-bond acceptors (Lipinski definition) is 7. The summed E-state index contributed by atoms with van der Waals surface area (Å²) in [5, 5.41) is 13.0. The topological polar surface area (TPSA) is 104 Å². The molecule has 0 bridgehead atoms. The van der Waals surface area contributed by atoms with E-state index in [-0.39, 0.29) is 25.0 Å². The highest BCUT2D eigenvalue weighted by atomic mass is 16.5. The molecule has 1 saturated heterocycles. The van der Waals surface area contributed by atoms with E-state index in [0.29, 0.717) is 44.2 Å². The molecule has 2 aromatic rings. The van der Waals surface area contributed by atoms with Gasteiger partial charge in [0.2, 0.25) is 0 Å². The Labute approximate surface area is 193 Å². The normalized spacial score (nSPS) is 17.2. The van der Waals surface area contributed by atoms with Crippen molar-refractivity contribution in [3.63, 3.8) is 0 Å². The lowest BCUT2D eigenvalue weighted by Gasteiger charge is -2.30. The van der Waals surface area contributed by atoms with Crippen LogP contribution in [0.1, 0.15) is 21.5 Å². The summed E-state index contributed by atoms with van der Waals surface area (Å²) in [6.45, 7) is 4.23. The van der Waals surface area contributed by atoms with Gasteiger partial charge < -0.3 is 24.8 Å². The molecular formula is C24H30N4O5. The third-order valence-electron chi connectivity index (χ3n) is 5.84. The Morgan fingerprint density at radius 1 is 1.15 bits per heavy atom. The Hall–Kier alpha value is -3.01. The van der Waals surface area contributed by atoms with Gasteiger partial charge in [-0.1, -0.05) is 24.3 Å². The van der Waals surface area contributed by atoms with Crippen molar-refractivity contribution in [3.8, 4) is 5.75 Å². The van der Waals surface area contributed by atoms with Crippen molar-refractivity contribution < 1.29 is 24.2 Å². The van der Waals surface area contributed by atoms with Crippen LogP contribution in [0, 0.1) is 0 Å². The SMILES string of the molecule is O=C(COc1cncc(C(=O)N2CCOCC2)c1)NCC(O)CN1CCc2ccccc2C1. The number of nitrogens with zero attached hydrogens (tertiary/aromatic N) is 3. The number of rotatable bonds is 8. The Morgan fingerprint density at radius 2 is 1.94 bits per heavy atom. The summed E-state index contributed by atoms with van der Waals surface area (Å²) < 4.78 is 10.8. The number of benzene rings is 1. The maximum atomic E-state index is 12.6. The van der Waals surface area contributed by atoms with Crippen LogP contribution in [0.4, 0.5) is 0 Å². The number of pyridine rings is 1. The van der Waals surface area contributed by atoms with Crippen molar-refractivity contribution in [1.29, 1.82) is 0 Å². The molecule has 0 spiro atoms. The minimum absolute atomic E-state index is 0.135. The van der Waals surface area contributed by atoms with E-state index in [1.807, 2.05) is 6.07 Å². The molecule has 2 aliphatic rings. The van der Waals surface area contributed by atoms with Crippen molar-refractivity contribution in [2.45, 2.75) is 19.1 Å². The van der Waals surface area contributed by atoms with E-state index < -0.39 is 6.10 Å². The third-order valence-corrected chi connectivity index (χ3v) is 5.84. The lowest BCUT2D eigenvalue weighted by molar-refractivity contribution is -0.123. The number of aliphatic hydroxyl groups is 1. The van der Waals surface area contributed by atoms with E-state index in [2.05, 4.69) is 33.4 Å². The highest BCUT2D eigenvalue weighted by Gasteiger charge is 2.20. The Bertz CT molecular complexity index is 963. The van der Waals surface area contributed by atoms with Crippen molar-refractivity contribution >= 4 is 11.8 Å². The molecule has 2 aliphatic heterocycles. The molecule has 33 heavy (non-hydrogen) atoms. The average molecular weight is 455 g/mol. The standard InChI is InChI=1S/C24H30N4O5/c29-21(16-27-6-5-18-3-1-2-4-19(18)15-27)13-26-23(30)17-33-22-11-20(12-25-14-22)24(31)28-7-9-32-10-8-28/h1-4,11-12,14,21,29H,5-10,13,15-17H2,(H,26,30). The van der Waals surface area contributed by atoms with E-state index >= 15 is 0 Å². The Balaban J connectivity index is 1.18. The second-order valence-electron chi connectivity index (χ2n) is 8.31. The smallest absolute Gasteiger partial charge is 0.258 e. The van der Waals surface area contributed by atoms with Crippen molar-refractivity contribution in [3.05, 3.63) is 59.4 Å². The van der Waals surface area contributed by atoms with Crippen molar-refractivity contribution in [2.24, 2.45) is 0 Å². The van der Waals surface area contributed by atoms with Gasteiger partial charge in [0, 0.05) is 45.5 Å². The second kappa shape index (κ2) is 11.2. The summed E-state index contributed by atoms with van der Waals surface area (Å²) in [5.41, 5.74) is 3.06. The molecule has 176 valence electrons. The quantitative estimate of drug-likeness (QED) is 0.598. The molecule has 1 aromatic heterocycles. The molecule has 0 radical (unpaired) electrons.